The maximum absolute atomic E-state index is 9.76. The lowest BCUT2D eigenvalue weighted by Gasteiger charge is -2.37. The lowest BCUT2D eigenvalue weighted by molar-refractivity contribution is 0.200. The molecule has 3 aromatic carbocycles. The van der Waals surface area contributed by atoms with Crippen LogP contribution in [0.4, 0.5) is 11.6 Å². The lowest BCUT2D eigenvalue weighted by atomic mass is 9.77. The van der Waals surface area contributed by atoms with E-state index < -0.39 is 11.6 Å². The number of rotatable bonds is 10. The van der Waals surface area contributed by atoms with Gasteiger partial charge in [-0.1, -0.05) is 91.0 Å². The molecule has 1 aromatic heterocycles. The average molecular weight is 454 g/mol. The first-order valence-electron chi connectivity index (χ1n) is 11.6. The van der Waals surface area contributed by atoms with Crippen molar-refractivity contribution < 1.29 is 5.11 Å². The van der Waals surface area contributed by atoms with Gasteiger partial charge < -0.3 is 15.4 Å². The fraction of sp³-hybridized carbons (Fsp3) is 0.214. The zero-order valence-electron chi connectivity index (χ0n) is 19.6. The third-order valence-corrected chi connectivity index (χ3v) is 5.84. The summed E-state index contributed by atoms with van der Waals surface area (Å²) < 4.78 is 0. The van der Waals surface area contributed by atoms with Crippen molar-refractivity contribution >= 4 is 11.6 Å². The Bertz CT molecular complexity index is 1040. The third-order valence-electron chi connectivity index (χ3n) is 5.84. The second-order valence-electron chi connectivity index (χ2n) is 8.26. The Kier molecular flexibility index (Phi) is 7.52. The molecule has 0 bridgehead atoms. The van der Waals surface area contributed by atoms with Crippen molar-refractivity contribution in [2.24, 2.45) is 0 Å². The number of nitrogens with zero attached hydrogens (tertiary/aromatic N) is 3. The highest BCUT2D eigenvalue weighted by atomic mass is 16.3. The first-order valence-corrected chi connectivity index (χ1v) is 11.6. The first-order chi connectivity index (χ1) is 16.6. The number of aliphatic hydroxyl groups excluding tert-OH is 1. The maximum atomic E-state index is 9.76. The standard InChI is InChI=1S/C28H31N5O/c1-3-33(21-22(2)34)27-20-19-26(29-31-27)30-32-28(23-13-7-4-8-14-23,24-15-9-5-10-16-24)25-17-11-6-12-18-25/h4-20,22,32,34H,3,21H2,1-2H3,(H,29,30). The molecule has 174 valence electrons. The molecule has 34 heavy (non-hydrogen) atoms. The SMILES string of the molecule is CCN(CC(C)O)c1ccc(NNC(c2ccccc2)(c2ccccc2)c2ccccc2)nn1. The Morgan fingerprint density at radius 3 is 1.65 bits per heavy atom. The molecule has 0 saturated carbocycles. The van der Waals surface area contributed by atoms with Crippen molar-refractivity contribution in [1.82, 2.24) is 15.6 Å². The van der Waals surface area contributed by atoms with Gasteiger partial charge in [0.2, 0.25) is 0 Å². The number of hydrogen-bond donors (Lipinski definition) is 3. The van der Waals surface area contributed by atoms with Crippen LogP contribution in [-0.2, 0) is 5.54 Å². The predicted octanol–water partition coefficient (Wildman–Crippen LogP) is 4.59. The van der Waals surface area contributed by atoms with Crippen molar-refractivity contribution in [2.45, 2.75) is 25.5 Å². The molecule has 1 atom stereocenters. The zero-order chi connectivity index (χ0) is 23.8. The summed E-state index contributed by atoms with van der Waals surface area (Å²) in [7, 11) is 0. The molecule has 3 N–H and O–H groups in total. The second-order valence-corrected chi connectivity index (χ2v) is 8.26. The number of hydrazine groups is 1. The van der Waals surface area contributed by atoms with Gasteiger partial charge in [-0.3, -0.25) is 0 Å². The summed E-state index contributed by atoms with van der Waals surface area (Å²) in [6, 6.07) is 34.9. The summed E-state index contributed by atoms with van der Waals surface area (Å²) in [6.07, 6.45) is -0.440. The Labute approximate surface area is 201 Å². The van der Waals surface area contributed by atoms with Crippen LogP contribution >= 0.6 is 0 Å². The van der Waals surface area contributed by atoms with Crippen molar-refractivity contribution in [1.29, 1.82) is 0 Å². The smallest absolute Gasteiger partial charge is 0.163 e. The van der Waals surface area contributed by atoms with Gasteiger partial charge in [-0.15, -0.1) is 10.2 Å². The molecule has 6 heteroatoms. The van der Waals surface area contributed by atoms with E-state index in [-0.39, 0.29) is 0 Å². The Morgan fingerprint density at radius 1 is 0.765 bits per heavy atom. The van der Waals surface area contributed by atoms with Crippen molar-refractivity contribution in [3.8, 4) is 0 Å². The second kappa shape index (κ2) is 10.9. The van der Waals surface area contributed by atoms with Crippen LogP contribution in [0.25, 0.3) is 0 Å². The molecule has 4 aromatic rings. The van der Waals surface area contributed by atoms with E-state index in [0.29, 0.717) is 12.4 Å². The van der Waals surface area contributed by atoms with E-state index in [4.69, 9.17) is 0 Å². The first kappa shape index (κ1) is 23.4. The molecule has 1 unspecified atom stereocenters. The molecule has 0 fully saturated rings. The summed E-state index contributed by atoms with van der Waals surface area (Å²) in [6.45, 7) is 5.05. The van der Waals surface area contributed by atoms with E-state index in [1.54, 1.807) is 6.92 Å². The molecule has 0 aliphatic carbocycles. The molecule has 4 rings (SSSR count). The minimum atomic E-state index is -0.661. The molecule has 0 saturated heterocycles. The minimum Gasteiger partial charge on any atom is -0.392 e. The van der Waals surface area contributed by atoms with Gasteiger partial charge in [0.05, 0.1) is 6.10 Å². The summed E-state index contributed by atoms with van der Waals surface area (Å²) in [4.78, 5) is 2.00. The van der Waals surface area contributed by atoms with Gasteiger partial charge in [-0.2, -0.15) is 0 Å². The Balaban J connectivity index is 1.70. The quantitative estimate of drug-likeness (QED) is 0.241. The van der Waals surface area contributed by atoms with Crippen molar-refractivity contribution in [3.63, 3.8) is 0 Å². The lowest BCUT2D eigenvalue weighted by Crippen LogP contribution is -2.47. The average Bonchev–Trinajstić information content (AvgIpc) is 2.90. The Hall–Kier alpha value is -3.74. The van der Waals surface area contributed by atoms with Gasteiger partial charge in [0.15, 0.2) is 11.6 Å². The predicted molar refractivity (Wildman–Crippen MR) is 138 cm³/mol. The number of likely N-dealkylation sites (N-methyl/N-ethyl adjacent to an activating group) is 1. The van der Waals surface area contributed by atoms with Crippen LogP contribution in [0.3, 0.4) is 0 Å². The maximum Gasteiger partial charge on any atom is 0.163 e. The van der Waals surface area contributed by atoms with E-state index in [1.807, 2.05) is 78.6 Å². The number of aromatic nitrogens is 2. The molecule has 0 amide bonds. The van der Waals surface area contributed by atoms with Crippen LogP contribution in [0.1, 0.15) is 30.5 Å². The van der Waals surface area contributed by atoms with E-state index in [1.165, 1.54) is 0 Å². The normalized spacial score (nSPS) is 12.2. The van der Waals surface area contributed by atoms with Crippen LogP contribution in [0, 0.1) is 0 Å². The van der Waals surface area contributed by atoms with Gasteiger partial charge in [0.1, 0.15) is 5.54 Å². The highest BCUT2D eigenvalue weighted by Gasteiger charge is 2.36. The zero-order valence-corrected chi connectivity index (χ0v) is 19.6. The van der Waals surface area contributed by atoms with Crippen LogP contribution < -0.4 is 15.8 Å². The Morgan fingerprint density at radius 2 is 1.26 bits per heavy atom. The van der Waals surface area contributed by atoms with Crippen molar-refractivity contribution in [3.05, 3.63) is 120 Å². The molecule has 1 heterocycles. The number of aliphatic hydroxyl groups is 1. The van der Waals surface area contributed by atoms with E-state index >= 15 is 0 Å². The molecule has 0 aliphatic rings. The fourth-order valence-corrected chi connectivity index (χ4v) is 4.20. The molecule has 6 nitrogen and oxygen atoms in total. The number of hydrogen-bond acceptors (Lipinski definition) is 6. The largest absolute Gasteiger partial charge is 0.392 e. The van der Waals surface area contributed by atoms with Crippen LogP contribution in [0.5, 0.6) is 0 Å². The van der Waals surface area contributed by atoms with Gasteiger partial charge in [0, 0.05) is 13.1 Å². The highest BCUT2D eigenvalue weighted by Crippen LogP contribution is 2.36. The molecular formula is C28H31N5O. The van der Waals surface area contributed by atoms with Gasteiger partial charge in [0.25, 0.3) is 0 Å². The number of nitrogens with one attached hydrogen (secondary N) is 2. The van der Waals surface area contributed by atoms with E-state index in [2.05, 4.69) is 57.4 Å². The monoisotopic (exact) mass is 453 g/mol. The van der Waals surface area contributed by atoms with Crippen LogP contribution in [0.15, 0.2) is 103 Å². The van der Waals surface area contributed by atoms with Crippen molar-refractivity contribution in [2.75, 3.05) is 23.4 Å². The van der Waals surface area contributed by atoms with Gasteiger partial charge in [-0.05, 0) is 42.7 Å². The van der Waals surface area contributed by atoms with Gasteiger partial charge >= 0.3 is 0 Å². The molecule has 0 aliphatic heterocycles. The van der Waals surface area contributed by atoms with E-state index in [9.17, 15) is 5.11 Å². The molecular weight excluding hydrogens is 422 g/mol. The minimum absolute atomic E-state index is 0.440. The fourth-order valence-electron chi connectivity index (χ4n) is 4.20. The number of anilines is 2. The van der Waals surface area contributed by atoms with Crippen LogP contribution in [-0.4, -0.2) is 34.5 Å². The topological polar surface area (TPSA) is 73.3 Å². The summed E-state index contributed by atoms with van der Waals surface area (Å²) >= 11 is 0. The van der Waals surface area contributed by atoms with Gasteiger partial charge in [-0.25, -0.2) is 5.43 Å². The van der Waals surface area contributed by atoms with E-state index in [0.717, 1.165) is 29.1 Å². The third kappa shape index (κ3) is 5.09. The van der Waals surface area contributed by atoms with Crippen LogP contribution in [0.2, 0.25) is 0 Å². The molecule has 0 spiro atoms. The number of benzene rings is 3. The highest BCUT2D eigenvalue weighted by molar-refractivity contribution is 5.51. The summed E-state index contributed by atoms with van der Waals surface area (Å²) in [5.74, 6) is 1.33. The summed E-state index contributed by atoms with van der Waals surface area (Å²) in [5, 5.41) is 18.5. The molecule has 0 radical (unpaired) electrons. The summed E-state index contributed by atoms with van der Waals surface area (Å²) in [5.41, 5.74) is 9.53.